The number of terminal acetylenes is 1. The highest BCUT2D eigenvalue weighted by Crippen LogP contribution is 2.23. The Bertz CT molecular complexity index is 1190. The summed E-state index contributed by atoms with van der Waals surface area (Å²) in [5, 5.41) is 3.57. The summed E-state index contributed by atoms with van der Waals surface area (Å²) in [7, 11) is 0. The van der Waals surface area contributed by atoms with E-state index in [0.29, 0.717) is 12.1 Å². The molecule has 2 aliphatic rings. The predicted octanol–water partition coefficient (Wildman–Crippen LogP) is 4.53. The van der Waals surface area contributed by atoms with Crippen LogP contribution in [0.25, 0.3) is 5.57 Å². The molecule has 6 nitrogen and oxygen atoms in total. The standard InChI is InChI=1S/C32H41ClN6/c1-4-6-7-27-8-10-28(11-9-27)12-17-37-18-13-31(14-19-37)39-21-20-38(24-26(39)3)25-30(33)22-29(23-34-5-2)32-35-15-16-36-32/h2,8-11,15-16,22-23,26,31,34H,4,12-14,17-21,24-25H2,1,3H3,(H,35,36)/b29-23+,30-22+. The second-order valence-corrected chi connectivity index (χ2v) is 10.9. The Kier molecular flexibility index (Phi) is 11.1. The first-order valence-electron chi connectivity index (χ1n) is 14.1. The number of aromatic amines is 1. The molecule has 2 N–H and O–H groups in total. The summed E-state index contributed by atoms with van der Waals surface area (Å²) in [6.45, 7) is 11.8. The third-order valence-corrected chi connectivity index (χ3v) is 7.87. The molecule has 0 spiro atoms. The number of rotatable bonds is 9. The SMILES string of the molecule is C#CN/C=C(\C=C(\Cl)CN1CCN(C2CCN(CCc3ccc(C#CCC)cc3)CC2)C(C)C1)c1ncc[nH]1. The summed E-state index contributed by atoms with van der Waals surface area (Å²) in [5.41, 5.74) is 3.34. The van der Waals surface area contributed by atoms with Crippen molar-refractivity contribution >= 4 is 17.2 Å². The van der Waals surface area contributed by atoms with Crippen LogP contribution in [0.3, 0.4) is 0 Å². The highest BCUT2D eigenvalue weighted by Gasteiger charge is 2.31. The van der Waals surface area contributed by atoms with Crippen LogP contribution in [0.4, 0.5) is 0 Å². The van der Waals surface area contributed by atoms with Crippen molar-refractivity contribution in [2.24, 2.45) is 0 Å². The van der Waals surface area contributed by atoms with Crippen molar-refractivity contribution < 1.29 is 0 Å². The predicted molar refractivity (Wildman–Crippen MR) is 162 cm³/mol. The zero-order chi connectivity index (χ0) is 27.5. The maximum atomic E-state index is 6.69. The molecule has 1 aromatic carbocycles. The minimum atomic E-state index is 0.511. The lowest BCUT2D eigenvalue weighted by Crippen LogP contribution is -2.57. The third kappa shape index (κ3) is 8.75. The van der Waals surface area contributed by atoms with Gasteiger partial charge in [0.2, 0.25) is 0 Å². The fourth-order valence-electron chi connectivity index (χ4n) is 5.59. The van der Waals surface area contributed by atoms with Gasteiger partial charge in [0.1, 0.15) is 5.82 Å². The molecular weight excluding hydrogens is 504 g/mol. The lowest BCUT2D eigenvalue weighted by atomic mass is 9.99. The summed E-state index contributed by atoms with van der Waals surface area (Å²) >= 11 is 6.69. The number of hydrogen-bond acceptors (Lipinski definition) is 5. The van der Waals surface area contributed by atoms with Crippen molar-refractivity contribution in [2.75, 3.05) is 45.8 Å². The molecule has 1 aromatic heterocycles. The zero-order valence-corrected chi connectivity index (χ0v) is 24.1. The van der Waals surface area contributed by atoms with Crippen LogP contribution in [0.1, 0.15) is 50.1 Å². The van der Waals surface area contributed by atoms with Crippen molar-refractivity contribution in [1.82, 2.24) is 30.0 Å². The van der Waals surface area contributed by atoms with Gasteiger partial charge in [0.05, 0.1) is 0 Å². The molecule has 0 aliphatic carbocycles. The number of halogens is 1. The van der Waals surface area contributed by atoms with Crippen LogP contribution in [0.5, 0.6) is 0 Å². The summed E-state index contributed by atoms with van der Waals surface area (Å²) in [5.74, 6) is 7.08. The van der Waals surface area contributed by atoms with E-state index in [4.69, 9.17) is 18.0 Å². The van der Waals surface area contributed by atoms with Gasteiger partial charge in [0, 0.05) is 92.0 Å². The van der Waals surface area contributed by atoms with E-state index in [1.165, 1.54) is 31.5 Å². The molecule has 2 saturated heterocycles. The minimum Gasteiger partial charge on any atom is -0.345 e. The molecule has 4 rings (SSSR count). The lowest BCUT2D eigenvalue weighted by Gasteiger charge is -2.46. The van der Waals surface area contributed by atoms with Crippen LogP contribution < -0.4 is 5.32 Å². The summed E-state index contributed by atoms with van der Waals surface area (Å²) < 4.78 is 0. The van der Waals surface area contributed by atoms with Crippen molar-refractivity contribution in [3.8, 4) is 24.3 Å². The molecule has 0 saturated carbocycles. The Morgan fingerprint density at radius 3 is 2.64 bits per heavy atom. The monoisotopic (exact) mass is 544 g/mol. The molecule has 1 atom stereocenters. The average molecular weight is 545 g/mol. The first-order valence-corrected chi connectivity index (χ1v) is 14.5. The Hall–Kier alpha value is -3.00. The van der Waals surface area contributed by atoms with Crippen LogP contribution in [0.2, 0.25) is 0 Å². The topological polar surface area (TPSA) is 50.4 Å². The molecule has 0 radical (unpaired) electrons. The van der Waals surface area contributed by atoms with Gasteiger partial charge in [-0.05, 0) is 63.0 Å². The fraction of sp³-hybridized carbons (Fsp3) is 0.469. The number of aromatic nitrogens is 2. The van der Waals surface area contributed by atoms with Gasteiger partial charge < -0.3 is 15.2 Å². The molecule has 2 aliphatic heterocycles. The van der Waals surface area contributed by atoms with Gasteiger partial charge in [-0.25, -0.2) is 4.98 Å². The zero-order valence-electron chi connectivity index (χ0n) is 23.3. The average Bonchev–Trinajstić information content (AvgIpc) is 3.49. The van der Waals surface area contributed by atoms with Crippen molar-refractivity contribution in [1.29, 1.82) is 0 Å². The minimum absolute atomic E-state index is 0.511. The summed E-state index contributed by atoms with van der Waals surface area (Å²) in [6, 6.07) is 12.4. The van der Waals surface area contributed by atoms with E-state index in [2.05, 4.69) is 86.0 Å². The van der Waals surface area contributed by atoms with E-state index in [1.807, 2.05) is 6.08 Å². The molecule has 1 unspecified atom stereocenters. The highest BCUT2D eigenvalue weighted by molar-refractivity contribution is 6.30. The van der Waals surface area contributed by atoms with Crippen molar-refractivity contribution in [3.05, 3.63) is 70.9 Å². The van der Waals surface area contributed by atoms with E-state index in [1.54, 1.807) is 18.6 Å². The first-order chi connectivity index (χ1) is 19.1. The fourth-order valence-corrected chi connectivity index (χ4v) is 5.88. The van der Waals surface area contributed by atoms with Gasteiger partial charge in [0.25, 0.3) is 0 Å². The maximum Gasteiger partial charge on any atom is 0.138 e. The van der Waals surface area contributed by atoms with Gasteiger partial charge in [-0.3, -0.25) is 9.80 Å². The van der Waals surface area contributed by atoms with E-state index < -0.39 is 0 Å². The quantitative estimate of drug-likeness (QED) is 0.276. The van der Waals surface area contributed by atoms with Gasteiger partial charge >= 0.3 is 0 Å². The van der Waals surface area contributed by atoms with Crippen LogP contribution in [0, 0.1) is 24.3 Å². The number of likely N-dealkylation sites (tertiary alicyclic amines) is 1. The number of piperidine rings is 1. The molecule has 0 amide bonds. The van der Waals surface area contributed by atoms with Crippen LogP contribution >= 0.6 is 11.6 Å². The van der Waals surface area contributed by atoms with Crippen molar-refractivity contribution in [2.45, 2.75) is 51.6 Å². The normalized spacial score (nSPS) is 20.3. The number of nitrogens with one attached hydrogen (secondary N) is 2. The Morgan fingerprint density at radius 1 is 1.18 bits per heavy atom. The second-order valence-electron chi connectivity index (χ2n) is 10.4. The van der Waals surface area contributed by atoms with Gasteiger partial charge in [-0.1, -0.05) is 48.9 Å². The Labute approximate surface area is 239 Å². The smallest absolute Gasteiger partial charge is 0.138 e. The number of H-pyrrole nitrogens is 1. The Morgan fingerprint density at radius 2 is 1.97 bits per heavy atom. The molecule has 3 heterocycles. The molecule has 7 heteroatoms. The number of piperazine rings is 1. The number of allylic oxidation sites excluding steroid dienone is 2. The molecule has 39 heavy (non-hydrogen) atoms. The van der Waals surface area contributed by atoms with E-state index in [-0.39, 0.29) is 0 Å². The lowest BCUT2D eigenvalue weighted by molar-refractivity contribution is 0.0257. The van der Waals surface area contributed by atoms with Gasteiger partial charge in [-0.15, -0.1) is 0 Å². The van der Waals surface area contributed by atoms with Crippen LogP contribution in [-0.2, 0) is 6.42 Å². The largest absolute Gasteiger partial charge is 0.345 e. The Balaban J connectivity index is 1.21. The van der Waals surface area contributed by atoms with E-state index in [0.717, 1.165) is 67.6 Å². The number of nitrogens with zero attached hydrogens (tertiary/aromatic N) is 4. The highest BCUT2D eigenvalue weighted by atomic mass is 35.5. The molecule has 0 bridgehead atoms. The number of hydrogen-bond donors (Lipinski definition) is 2. The molecule has 2 aromatic rings. The van der Waals surface area contributed by atoms with Crippen molar-refractivity contribution in [3.63, 3.8) is 0 Å². The maximum absolute atomic E-state index is 6.69. The van der Waals surface area contributed by atoms with E-state index >= 15 is 0 Å². The summed E-state index contributed by atoms with van der Waals surface area (Å²) in [6.07, 6.45) is 17.0. The molecule has 2 fully saturated rings. The third-order valence-electron chi connectivity index (χ3n) is 7.64. The van der Waals surface area contributed by atoms with E-state index in [9.17, 15) is 0 Å². The number of imidazole rings is 1. The first kappa shape index (κ1) is 29.0. The molecular formula is C32H41ClN6. The molecule has 206 valence electrons. The van der Waals surface area contributed by atoms with Crippen LogP contribution in [0.15, 0.2) is 54.0 Å². The van der Waals surface area contributed by atoms with Gasteiger partial charge in [-0.2, -0.15) is 0 Å². The second kappa shape index (κ2) is 15.0. The van der Waals surface area contributed by atoms with Crippen LogP contribution in [-0.4, -0.2) is 82.6 Å². The van der Waals surface area contributed by atoms with Gasteiger partial charge in [0.15, 0.2) is 0 Å². The number of benzene rings is 1. The summed E-state index contributed by atoms with van der Waals surface area (Å²) in [4.78, 5) is 15.2.